The molecule has 0 radical (unpaired) electrons. The smallest absolute Gasteiger partial charge is 0.133 e. The van der Waals surface area contributed by atoms with Gasteiger partial charge in [-0.05, 0) is 52.9 Å². The van der Waals surface area contributed by atoms with E-state index in [0.29, 0.717) is 18.1 Å². The second-order valence-corrected chi connectivity index (χ2v) is 8.46. The summed E-state index contributed by atoms with van der Waals surface area (Å²) in [7, 11) is 0. The Bertz CT molecular complexity index is 1320. The monoisotopic (exact) mass is 435 g/mol. The van der Waals surface area contributed by atoms with E-state index in [4.69, 9.17) is 9.84 Å². The Labute approximate surface area is 193 Å². The Kier molecular flexibility index (Phi) is 5.54. The summed E-state index contributed by atoms with van der Waals surface area (Å²) in [4.78, 5) is 4.13. The third kappa shape index (κ3) is 4.06. The fourth-order valence-electron chi connectivity index (χ4n) is 4.25. The zero-order valence-electron chi connectivity index (χ0n) is 18.7. The van der Waals surface area contributed by atoms with Gasteiger partial charge in [0.15, 0.2) is 0 Å². The van der Waals surface area contributed by atoms with Crippen molar-refractivity contribution >= 4 is 5.82 Å². The van der Waals surface area contributed by atoms with Gasteiger partial charge in [0.2, 0.25) is 0 Å². The molecule has 0 fully saturated rings. The molecule has 3 heterocycles. The van der Waals surface area contributed by atoms with Crippen molar-refractivity contribution in [3.8, 4) is 34.2 Å². The zero-order chi connectivity index (χ0) is 22.8. The lowest BCUT2D eigenvalue weighted by atomic mass is 9.96. The van der Waals surface area contributed by atoms with Crippen LogP contribution in [0.2, 0.25) is 0 Å². The number of nitrogens with zero attached hydrogens (tertiary/aromatic N) is 4. The summed E-state index contributed by atoms with van der Waals surface area (Å²) in [6.07, 6.45) is 3.58. The van der Waals surface area contributed by atoms with E-state index in [1.54, 1.807) is 12.4 Å². The number of rotatable bonds is 6. The lowest BCUT2D eigenvalue weighted by Gasteiger charge is -2.12. The number of hydrogen-bond acceptors (Lipinski definition) is 5. The molecule has 6 heteroatoms. The molecule has 1 aliphatic rings. The summed E-state index contributed by atoms with van der Waals surface area (Å²) in [5.74, 6) is 2.15. The van der Waals surface area contributed by atoms with Crippen LogP contribution in [0.15, 0.2) is 67.0 Å². The van der Waals surface area contributed by atoms with Gasteiger partial charge < -0.3 is 10.1 Å². The maximum absolute atomic E-state index is 9.46. The molecule has 33 heavy (non-hydrogen) atoms. The van der Waals surface area contributed by atoms with Crippen molar-refractivity contribution in [1.29, 1.82) is 5.26 Å². The highest BCUT2D eigenvalue weighted by atomic mass is 16.5. The summed E-state index contributed by atoms with van der Waals surface area (Å²) in [6.45, 7) is 6.35. The summed E-state index contributed by atoms with van der Waals surface area (Å²) < 4.78 is 8.05. The molecule has 0 atom stereocenters. The standard InChI is InChI=1S/C27H25N5O/c1-18(2)24-8-3-19(15-22(24)16-28)17-33-23-6-4-20(5-7-23)25-26(21-9-11-29-12-10-21)31-32-14-13-30-27(25)32/h3-12,15,18,30H,13-14,17H2,1-2H3. The molecule has 0 spiro atoms. The van der Waals surface area contributed by atoms with Gasteiger partial charge in [-0.3, -0.25) is 4.98 Å². The maximum atomic E-state index is 9.46. The second-order valence-electron chi connectivity index (χ2n) is 8.46. The van der Waals surface area contributed by atoms with Gasteiger partial charge in [-0.25, -0.2) is 4.68 Å². The second kappa shape index (κ2) is 8.79. The van der Waals surface area contributed by atoms with Crippen LogP contribution in [0.4, 0.5) is 5.82 Å². The Morgan fingerprint density at radius 3 is 2.58 bits per heavy atom. The number of fused-ring (bicyclic) bond motifs is 1. The van der Waals surface area contributed by atoms with Crippen molar-refractivity contribution in [3.05, 3.63) is 83.7 Å². The van der Waals surface area contributed by atoms with E-state index in [9.17, 15) is 5.26 Å². The number of nitrogens with one attached hydrogen (secondary N) is 1. The fourth-order valence-corrected chi connectivity index (χ4v) is 4.25. The van der Waals surface area contributed by atoms with Crippen LogP contribution in [0, 0.1) is 11.3 Å². The number of ether oxygens (including phenoxy) is 1. The van der Waals surface area contributed by atoms with Crippen LogP contribution in [-0.4, -0.2) is 21.3 Å². The van der Waals surface area contributed by atoms with Gasteiger partial charge >= 0.3 is 0 Å². The minimum absolute atomic E-state index is 0.319. The van der Waals surface area contributed by atoms with Crippen LogP contribution in [0.3, 0.4) is 0 Å². The van der Waals surface area contributed by atoms with Crippen LogP contribution < -0.4 is 10.1 Å². The highest BCUT2D eigenvalue weighted by Gasteiger charge is 2.23. The number of benzene rings is 2. The molecule has 2 aromatic carbocycles. The van der Waals surface area contributed by atoms with Crippen LogP contribution in [0.5, 0.6) is 5.75 Å². The molecule has 0 saturated heterocycles. The highest BCUT2D eigenvalue weighted by molar-refractivity contribution is 5.89. The lowest BCUT2D eigenvalue weighted by Crippen LogP contribution is -1.99. The SMILES string of the molecule is CC(C)c1ccc(COc2ccc(-c3c(-c4ccncc4)nn4c3NCC4)cc2)cc1C#N. The number of aromatic nitrogens is 3. The van der Waals surface area contributed by atoms with Gasteiger partial charge in [0.05, 0.1) is 23.7 Å². The van der Waals surface area contributed by atoms with Gasteiger partial charge in [0.25, 0.3) is 0 Å². The number of nitriles is 1. The molecule has 0 saturated carbocycles. The van der Waals surface area contributed by atoms with E-state index in [1.165, 1.54) is 0 Å². The van der Waals surface area contributed by atoms with Gasteiger partial charge in [0, 0.05) is 24.5 Å². The van der Waals surface area contributed by atoms with E-state index < -0.39 is 0 Å². The third-order valence-corrected chi connectivity index (χ3v) is 5.93. The highest BCUT2D eigenvalue weighted by Crippen LogP contribution is 2.39. The summed E-state index contributed by atoms with van der Waals surface area (Å²) in [5.41, 5.74) is 6.93. The molecular weight excluding hydrogens is 410 g/mol. The molecule has 1 N–H and O–H groups in total. The van der Waals surface area contributed by atoms with Crippen molar-refractivity contribution in [2.24, 2.45) is 0 Å². The third-order valence-electron chi connectivity index (χ3n) is 5.93. The minimum atomic E-state index is 0.319. The van der Waals surface area contributed by atoms with E-state index in [0.717, 1.165) is 58.2 Å². The van der Waals surface area contributed by atoms with Gasteiger partial charge in [0.1, 0.15) is 23.9 Å². The molecule has 0 aliphatic carbocycles. The Morgan fingerprint density at radius 1 is 1.06 bits per heavy atom. The molecule has 0 bridgehead atoms. The predicted molar refractivity (Wildman–Crippen MR) is 129 cm³/mol. The number of pyridine rings is 1. The van der Waals surface area contributed by atoms with Crippen molar-refractivity contribution in [1.82, 2.24) is 14.8 Å². The van der Waals surface area contributed by atoms with Crippen molar-refractivity contribution in [3.63, 3.8) is 0 Å². The average molecular weight is 436 g/mol. The molecule has 5 rings (SSSR count). The Morgan fingerprint density at radius 2 is 1.85 bits per heavy atom. The minimum Gasteiger partial charge on any atom is -0.489 e. The quantitative estimate of drug-likeness (QED) is 0.426. The fraction of sp³-hybridized carbons (Fsp3) is 0.222. The van der Waals surface area contributed by atoms with Crippen molar-refractivity contribution in [2.45, 2.75) is 32.9 Å². The topological polar surface area (TPSA) is 75.8 Å². The molecule has 0 amide bonds. The summed E-state index contributed by atoms with van der Waals surface area (Å²) in [6, 6.07) is 20.4. The van der Waals surface area contributed by atoms with E-state index in [2.05, 4.69) is 42.4 Å². The first-order chi connectivity index (χ1) is 16.1. The van der Waals surface area contributed by atoms with Gasteiger partial charge in [-0.2, -0.15) is 10.4 Å². The first-order valence-electron chi connectivity index (χ1n) is 11.2. The van der Waals surface area contributed by atoms with E-state index in [1.807, 2.05) is 47.1 Å². The average Bonchev–Trinajstić information content (AvgIpc) is 3.45. The first kappa shape index (κ1) is 20.8. The van der Waals surface area contributed by atoms with Crippen molar-refractivity contribution in [2.75, 3.05) is 11.9 Å². The van der Waals surface area contributed by atoms with Gasteiger partial charge in [-0.1, -0.05) is 38.1 Å². The Balaban J connectivity index is 1.38. The van der Waals surface area contributed by atoms with Crippen molar-refractivity contribution < 1.29 is 4.74 Å². The van der Waals surface area contributed by atoms with Crippen LogP contribution in [-0.2, 0) is 13.2 Å². The first-order valence-corrected chi connectivity index (χ1v) is 11.2. The zero-order valence-corrected chi connectivity index (χ0v) is 18.7. The van der Waals surface area contributed by atoms with Gasteiger partial charge in [-0.15, -0.1) is 0 Å². The lowest BCUT2D eigenvalue weighted by molar-refractivity contribution is 0.306. The molecule has 4 aromatic rings. The van der Waals surface area contributed by atoms with E-state index >= 15 is 0 Å². The van der Waals surface area contributed by atoms with Crippen LogP contribution in [0.25, 0.3) is 22.4 Å². The molecule has 6 nitrogen and oxygen atoms in total. The molecule has 1 aliphatic heterocycles. The van der Waals surface area contributed by atoms with Crippen LogP contribution in [0.1, 0.15) is 36.5 Å². The molecule has 2 aromatic heterocycles. The molecule has 164 valence electrons. The van der Waals surface area contributed by atoms with E-state index in [-0.39, 0.29) is 0 Å². The normalized spacial score (nSPS) is 12.3. The largest absolute Gasteiger partial charge is 0.489 e. The van der Waals surface area contributed by atoms with Crippen LogP contribution >= 0.6 is 0 Å². The number of hydrogen-bond donors (Lipinski definition) is 1. The molecule has 0 unspecified atom stereocenters. The summed E-state index contributed by atoms with van der Waals surface area (Å²) in [5, 5.41) is 17.8. The molecular formula is C27H25N5O. The maximum Gasteiger partial charge on any atom is 0.133 e. The number of anilines is 1. The Hall–Kier alpha value is -4.11. The summed E-state index contributed by atoms with van der Waals surface area (Å²) >= 11 is 0. The predicted octanol–water partition coefficient (Wildman–Crippen LogP) is 5.61.